The lowest BCUT2D eigenvalue weighted by molar-refractivity contribution is 0.0951. The van der Waals surface area contributed by atoms with Crippen molar-refractivity contribution in [2.75, 3.05) is 12.8 Å². The van der Waals surface area contributed by atoms with Gasteiger partial charge in [0.1, 0.15) is 11.6 Å². The molecule has 1 heterocycles. The number of nitrogen functional groups attached to an aromatic ring is 1. The lowest BCUT2D eigenvalue weighted by Crippen LogP contribution is -2.24. The molecule has 110 valence electrons. The summed E-state index contributed by atoms with van der Waals surface area (Å²) in [5.41, 5.74) is 7.56. The molecule has 21 heavy (non-hydrogen) atoms. The van der Waals surface area contributed by atoms with Crippen molar-refractivity contribution in [3.8, 4) is 5.75 Å². The summed E-state index contributed by atoms with van der Waals surface area (Å²) in [4.78, 5) is 16.2. The van der Waals surface area contributed by atoms with E-state index in [0.717, 1.165) is 5.56 Å². The van der Waals surface area contributed by atoms with Crippen LogP contribution in [0.2, 0.25) is 0 Å². The highest BCUT2D eigenvalue weighted by Gasteiger charge is 2.11. The lowest BCUT2D eigenvalue weighted by atomic mass is 10.2. The van der Waals surface area contributed by atoms with Gasteiger partial charge < -0.3 is 20.9 Å². The Morgan fingerprint density at radius 3 is 2.86 bits per heavy atom. The normalized spacial score (nSPS) is 10.3. The maximum atomic E-state index is 12.1. The van der Waals surface area contributed by atoms with E-state index >= 15 is 0 Å². The van der Waals surface area contributed by atoms with Crippen molar-refractivity contribution < 1.29 is 14.6 Å². The molecule has 2 aromatic rings. The number of pyridine rings is 1. The quantitative estimate of drug-likeness (QED) is 0.773. The molecule has 6 nitrogen and oxygen atoms in total. The number of phenols is 1. The molecule has 0 aliphatic heterocycles. The van der Waals surface area contributed by atoms with Gasteiger partial charge in [0.25, 0.3) is 5.91 Å². The largest absolute Gasteiger partial charge is 0.508 e. The van der Waals surface area contributed by atoms with Crippen LogP contribution in [0.1, 0.15) is 21.6 Å². The molecule has 0 bridgehead atoms. The maximum absolute atomic E-state index is 12.1. The molecule has 0 unspecified atom stereocenters. The van der Waals surface area contributed by atoms with Gasteiger partial charge in [0, 0.05) is 13.7 Å². The molecule has 0 saturated heterocycles. The minimum Gasteiger partial charge on any atom is -0.508 e. The molecule has 0 saturated carbocycles. The number of methoxy groups -OCH3 is 1. The van der Waals surface area contributed by atoms with E-state index in [-0.39, 0.29) is 17.5 Å². The zero-order valence-electron chi connectivity index (χ0n) is 11.7. The van der Waals surface area contributed by atoms with Crippen molar-refractivity contribution in [2.24, 2.45) is 0 Å². The average molecular weight is 287 g/mol. The Balaban J connectivity index is 2.03. The molecule has 0 atom stereocenters. The number of phenolic OH excluding ortho intramolecular Hbond substituents is 1. The Morgan fingerprint density at radius 2 is 2.19 bits per heavy atom. The van der Waals surface area contributed by atoms with E-state index in [1.807, 2.05) is 6.07 Å². The Bertz CT molecular complexity index is 644. The van der Waals surface area contributed by atoms with E-state index in [1.165, 1.54) is 0 Å². The van der Waals surface area contributed by atoms with Crippen LogP contribution >= 0.6 is 0 Å². The van der Waals surface area contributed by atoms with Gasteiger partial charge in [-0.1, -0.05) is 12.1 Å². The molecule has 0 spiro atoms. The van der Waals surface area contributed by atoms with Gasteiger partial charge >= 0.3 is 0 Å². The number of anilines is 1. The molecule has 1 aromatic carbocycles. The van der Waals surface area contributed by atoms with E-state index < -0.39 is 0 Å². The molecule has 1 amide bonds. The van der Waals surface area contributed by atoms with Crippen LogP contribution in [0.3, 0.4) is 0 Å². The number of aromatic nitrogens is 1. The number of aromatic hydroxyl groups is 1. The van der Waals surface area contributed by atoms with Gasteiger partial charge in [-0.05, 0) is 29.8 Å². The maximum Gasteiger partial charge on any atom is 0.255 e. The second kappa shape index (κ2) is 6.71. The fourth-order valence-corrected chi connectivity index (χ4v) is 1.88. The number of hydrogen-bond acceptors (Lipinski definition) is 5. The van der Waals surface area contributed by atoms with Crippen LogP contribution in [0.4, 0.5) is 5.82 Å². The topological polar surface area (TPSA) is 97.5 Å². The monoisotopic (exact) mass is 287 g/mol. The Hall–Kier alpha value is -2.60. The molecule has 2 rings (SSSR count). The van der Waals surface area contributed by atoms with Gasteiger partial charge in [-0.2, -0.15) is 0 Å². The molecular weight excluding hydrogens is 270 g/mol. The van der Waals surface area contributed by atoms with Crippen LogP contribution in [0, 0.1) is 0 Å². The number of carbonyl (C=O) groups excluding carboxylic acids is 1. The lowest BCUT2D eigenvalue weighted by Gasteiger charge is -2.08. The van der Waals surface area contributed by atoms with Gasteiger partial charge in [-0.3, -0.25) is 4.79 Å². The molecule has 0 fully saturated rings. The molecule has 4 N–H and O–H groups in total. The fourth-order valence-electron chi connectivity index (χ4n) is 1.88. The third-order valence-corrected chi connectivity index (χ3v) is 2.88. The number of hydrogen-bond donors (Lipinski definition) is 3. The third kappa shape index (κ3) is 3.93. The summed E-state index contributed by atoms with van der Waals surface area (Å²) in [7, 11) is 1.56. The number of rotatable bonds is 5. The Labute approximate surface area is 122 Å². The Kier molecular flexibility index (Phi) is 4.73. The highest BCUT2D eigenvalue weighted by molar-refractivity contribution is 5.98. The first kappa shape index (κ1) is 14.8. The number of nitrogens with zero attached hydrogens (tertiary/aromatic N) is 1. The van der Waals surface area contributed by atoms with E-state index in [2.05, 4.69) is 10.3 Å². The van der Waals surface area contributed by atoms with Crippen molar-refractivity contribution in [1.82, 2.24) is 10.3 Å². The molecule has 1 aromatic heterocycles. The van der Waals surface area contributed by atoms with Gasteiger partial charge in [-0.15, -0.1) is 0 Å². The van der Waals surface area contributed by atoms with E-state index in [4.69, 9.17) is 10.5 Å². The second-order valence-corrected chi connectivity index (χ2v) is 4.52. The number of carbonyl (C=O) groups is 1. The predicted molar refractivity (Wildman–Crippen MR) is 78.6 cm³/mol. The van der Waals surface area contributed by atoms with Gasteiger partial charge in [0.2, 0.25) is 0 Å². The third-order valence-electron chi connectivity index (χ3n) is 2.88. The van der Waals surface area contributed by atoms with Crippen LogP contribution in [0.5, 0.6) is 5.75 Å². The number of benzene rings is 1. The summed E-state index contributed by atoms with van der Waals surface area (Å²) in [6, 6.07) is 10.00. The fraction of sp³-hybridized carbons (Fsp3) is 0.200. The van der Waals surface area contributed by atoms with Gasteiger partial charge in [-0.25, -0.2) is 4.98 Å². The summed E-state index contributed by atoms with van der Waals surface area (Å²) in [6.45, 7) is 0.641. The smallest absolute Gasteiger partial charge is 0.255 e. The molecule has 0 aliphatic rings. The van der Waals surface area contributed by atoms with Crippen molar-refractivity contribution in [2.45, 2.75) is 13.2 Å². The zero-order valence-corrected chi connectivity index (χ0v) is 11.7. The van der Waals surface area contributed by atoms with Crippen LogP contribution in [0.25, 0.3) is 0 Å². The minimum atomic E-state index is -0.313. The standard InChI is InChI=1S/C15H17N3O3/c1-21-9-11-5-6-13(14(16)18-11)15(20)17-8-10-3-2-4-12(19)7-10/h2-7,19H,8-9H2,1H3,(H2,16,18)(H,17,20). The summed E-state index contributed by atoms with van der Waals surface area (Å²) >= 11 is 0. The van der Waals surface area contributed by atoms with E-state index in [0.29, 0.717) is 24.4 Å². The number of amides is 1. The number of ether oxygens (including phenoxy) is 1. The van der Waals surface area contributed by atoms with Crippen molar-refractivity contribution in [3.05, 3.63) is 53.2 Å². The van der Waals surface area contributed by atoms with Crippen LogP contribution in [0.15, 0.2) is 36.4 Å². The van der Waals surface area contributed by atoms with Crippen LogP contribution in [-0.4, -0.2) is 23.1 Å². The van der Waals surface area contributed by atoms with Gasteiger partial charge in [0.15, 0.2) is 0 Å². The summed E-state index contributed by atoms with van der Waals surface area (Å²) in [6.07, 6.45) is 0. The highest BCUT2D eigenvalue weighted by Crippen LogP contribution is 2.13. The molecule has 0 aliphatic carbocycles. The van der Waals surface area contributed by atoms with E-state index in [9.17, 15) is 9.90 Å². The molecule has 0 radical (unpaired) electrons. The van der Waals surface area contributed by atoms with Crippen LogP contribution in [-0.2, 0) is 17.9 Å². The molecule has 6 heteroatoms. The van der Waals surface area contributed by atoms with E-state index in [1.54, 1.807) is 37.4 Å². The summed E-state index contributed by atoms with van der Waals surface area (Å²) in [5, 5.41) is 12.1. The predicted octanol–water partition coefficient (Wildman–Crippen LogP) is 1.45. The minimum absolute atomic E-state index is 0.159. The van der Waals surface area contributed by atoms with Crippen LogP contribution < -0.4 is 11.1 Å². The second-order valence-electron chi connectivity index (χ2n) is 4.52. The summed E-state index contributed by atoms with van der Waals surface area (Å²) in [5.74, 6) is 0.0112. The Morgan fingerprint density at radius 1 is 1.38 bits per heavy atom. The highest BCUT2D eigenvalue weighted by atomic mass is 16.5. The molecular formula is C15H17N3O3. The SMILES string of the molecule is COCc1ccc(C(=O)NCc2cccc(O)c2)c(N)n1. The first-order valence-corrected chi connectivity index (χ1v) is 6.40. The van der Waals surface area contributed by atoms with Crippen molar-refractivity contribution in [1.29, 1.82) is 0 Å². The number of nitrogens with one attached hydrogen (secondary N) is 1. The van der Waals surface area contributed by atoms with Crippen molar-refractivity contribution >= 4 is 11.7 Å². The zero-order chi connectivity index (χ0) is 15.2. The number of nitrogens with two attached hydrogens (primary N) is 1. The average Bonchev–Trinajstić information content (AvgIpc) is 2.45. The summed E-state index contributed by atoms with van der Waals surface area (Å²) < 4.78 is 4.96. The van der Waals surface area contributed by atoms with Gasteiger partial charge in [0.05, 0.1) is 17.9 Å². The first-order chi connectivity index (χ1) is 10.1. The van der Waals surface area contributed by atoms with Crippen molar-refractivity contribution in [3.63, 3.8) is 0 Å². The first-order valence-electron chi connectivity index (χ1n) is 6.40.